The van der Waals surface area contributed by atoms with Crippen LogP contribution in [0.25, 0.3) is 16.9 Å². The van der Waals surface area contributed by atoms with Gasteiger partial charge in [0.2, 0.25) is 0 Å². The van der Waals surface area contributed by atoms with Crippen LogP contribution < -0.4 is 5.49 Å². The Balaban J connectivity index is 0.00000116. The van der Waals surface area contributed by atoms with E-state index in [0.717, 1.165) is 5.56 Å². The molecule has 0 spiro atoms. The topological polar surface area (TPSA) is 67.5 Å². The lowest BCUT2D eigenvalue weighted by atomic mass is 10.1. The minimum atomic E-state index is -0.963. The number of rotatable bonds is 3. The first-order chi connectivity index (χ1) is 10.5. The average Bonchev–Trinajstić information content (AvgIpc) is 2.56. The van der Waals surface area contributed by atoms with E-state index in [1.165, 1.54) is 16.8 Å². The van der Waals surface area contributed by atoms with E-state index in [2.05, 4.69) is 16.7 Å². The van der Waals surface area contributed by atoms with Gasteiger partial charge in [0.15, 0.2) is 0 Å². The summed E-state index contributed by atoms with van der Waals surface area (Å²) in [5.41, 5.74) is 2.51. The van der Waals surface area contributed by atoms with Crippen molar-refractivity contribution in [3.8, 4) is 11.3 Å². The van der Waals surface area contributed by atoms with Gasteiger partial charge in [0.1, 0.15) is 13.3 Å². The summed E-state index contributed by atoms with van der Waals surface area (Å²) < 4.78 is 1.43. The molecule has 0 aliphatic rings. The maximum absolute atomic E-state index is 10.8. The van der Waals surface area contributed by atoms with Crippen LogP contribution in [0.3, 0.4) is 0 Å². The molecule has 0 aliphatic carbocycles. The SMILES string of the molecule is CC.[B]C(=C)n1nc(-c2ccc(C(=O)O)cc2)ccc1=NC. The highest BCUT2D eigenvalue weighted by Crippen LogP contribution is 2.16. The van der Waals surface area contributed by atoms with Crippen LogP contribution in [0.1, 0.15) is 24.2 Å². The lowest BCUT2D eigenvalue weighted by molar-refractivity contribution is 0.0697. The molecule has 0 saturated heterocycles. The summed E-state index contributed by atoms with van der Waals surface area (Å²) in [6.07, 6.45) is 0. The van der Waals surface area contributed by atoms with Crippen molar-refractivity contribution in [1.29, 1.82) is 0 Å². The molecular weight excluding hydrogens is 277 g/mol. The lowest BCUT2D eigenvalue weighted by Gasteiger charge is -2.08. The van der Waals surface area contributed by atoms with Gasteiger partial charge in [-0.15, -0.1) is 0 Å². The molecule has 6 heteroatoms. The molecule has 0 fully saturated rings. The van der Waals surface area contributed by atoms with Gasteiger partial charge in [-0.05, 0) is 29.9 Å². The highest BCUT2D eigenvalue weighted by molar-refractivity contribution is 6.37. The number of aromatic nitrogens is 2. The number of carbonyl (C=O) groups is 1. The Kier molecular flexibility index (Phi) is 6.32. The number of hydrogen-bond donors (Lipinski definition) is 1. The summed E-state index contributed by atoms with van der Waals surface area (Å²) in [4.78, 5) is 14.9. The number of nitrogens with zero attached hydrogens (tertiary/aromatic N) is 3. The molecule has 22 heavy (non-hydrogen) atoms. The molecule has 112 valence electrons. The largest absolute Gasteiger partial charge is 0.478 e. The summed E-state index contributed by atoms with van der Waals surface area (Å²) in [5, 5.41) is 13.2. The second-order valence-corrected chi connectivity index (χ2v) is 4.09. The van der Waals surface area contributed by atoms with Crippen LogP contribution >= 0.6 is 0 Å². The first-order valence-corrected chi connectivity index (χ1v) is 6.84. The van der Waals surface area contributed by atoms with Gasteiger partial charge in [-0.3, -0.25) is 4.99 Å². The Morgan fingerprint density at radius 1 is 1.23 bits per heavy atom. The molecule has 2 radical (unpaired) electrons. The fourth-order valence-electron chi connectivity index (χ4n) is 1.73. The molecule has 0 unspecified atom stereocenters. The molecular formula is C16H18BN3O2. The molecule has 2 rings (SSSR count). The van der Waals surface area contributed by atoms with Gasteiger partial charge in [0.25, 0.3) is 0 Å². The molecule has 0 atom stereocenters. The van der Waals surface area contributed by atoms with Crippen molar-refractivity contribution in [2.75, 3.05) is 7.05 Å². The van der Waals surface area contributed by atoms with Crippen molar-refractivity contribution in [1.82, 2.24) is 9.78 Å². The van der Waals surface area contributed by atoms with Crippen LogP contribution in [-0.2, 0) is 0 Å². The van der Waals surface area contributed by atoms with Crippen molar-refractivity contribution in [2.24, 2.45) is 4.99 Å². The maximum Gasteiger partial charge on any atom is 0.335 e. The maximum atomic E-state index is 10.8. The fourth-order valence-corrected chi connectivity index (χ4v) is 1.73. The van der Waals surface area contributed by atoms with Gasteiger partial charge in [-0.1, -0.05) is 32.6 Å². The summed E-state index contributed by atoms with van der Waals surface area (Å²) in [6, 6.07) is 10.00. The monoisotopic (exact) mass is 295 g/mol. The first kappa shape index (κ1) is 17.4. The number of benzene rings is 1. The quantitative estimate of drug-likeness (QED) is 0.884. The molecule has 0 bridgehead atoms. The molecule has 5 nitrogen and oxygen atoms in total. The van der Waals surface area contributed by atoms with E-state index in [4.69, 9.17) is 13.0 Å². The number of hydrogen-bond acceptors (Lipinski definition) is 3. The zero-order valence-electron chi connectivity index (χ0n) is 12.9. The first-order valence-electron chi connectivity index (χ1n) is 6.84. The van der Waals surface area contributed by atoms with Gasteiger partial charge in [0.05, 0.1) is 11.3 Å². The Morgan fingerprint density at radius 2 is 1.82 bits per heavy atom. The fraction of sp³-hybridized carbons (Fsp3) is 0.188. The van der Waals surface area contributed by atoms with Crippen molar-refractivity contribution in [3.05, 3.63) is 54.0 Å². The van der Waals surface area contributed by atoms with Gasteiger partial charge in [-0.25, -0.2) is 9.48 Å². The van der Waals surface area contributed by atoms with Gasteiger partial charge < -0.3 is 5.11 Å². The second kappa shape index (κ2) is 7.97. The predicted octanol–water partition coefficient (Wildman–Crippen LogP) is 2.40. The number of carboxylic acid groups (broad SMARTS) is 1. The summed E-state index contributed by atoms with van der Waals surface area (Å²) in [7, 11) is 7.31. The summed E-state index contributed by atoms with van der Waals surface area (Å²) in [5.74, 6) is -0.963. The van der Waals surface area contributed by atoms with Crippen molar-refractivity contribution in [2.45, 2.75) is 13.8 Å². The minimum Gasteiger partial charge on any atom is -0.478 e. The zero-order chi connectivity index (χ0) is 16.7. The molecule has 0 aliphatic heterocycles. The molecule has 2 aromatic rings. The van der Waals surface area contributed by atoms with Crippen LogP contribution in [0, 0.1) is 0 Å². The van der Waals surface area contributed by atoms with Gasteiger partial charge in [0, 0.05) is 12.6 Å². The highest BCUT2D eigenvalue weighted by atomic mass is 16.4. The Morgan fingerprint density at radius 3 is 2.27 bits per heavy atom. The van der Waals surface area contributed by atoms with Crippen LogP contribution in [-0.4, -0.2) is 35.8 Å². The third-order valence-corrected chi connectivity index (χ3v) is 2.74. The zero-order valence-corrected chi connectivity index (χ0v) is 12.9. The number of aromatic carboxylic acids is 1. The Hall–Kier alpha value is -2.63. The van der Waals surface area contributed by atoms with Crippen molar-refractivity contribution < 1.29 is 9.90 Å². The molecule has 1 N–H and O–H groups in total. The number of carboxylic acids is 1. The standard InChI is InChI=1S/C14H12BN3O2.C2H6/c1-9(15)18-13(16-2)8-7-12(17-18)10-3-5-11(6-4-10)14(19)20;1-2/h3-8H,1H2,2H3,(H,19,20);1-2H3. The average molecular weight is 295 g/mol. The molecule has 1 heterocycles. The normalized spacial score (nSPS) is 10.6. The third-order valence-electron chi connectivity index (χ3n) is 2.74. The van der Waals surface area contributed by atoms with Crippen molar-refractivity contribution >= 4 is 19.4 Å². The van der Waals surface area contributed by atoms with Crippen LogP contribution in [0.15, 0.2) is 48.0 Å². The molecule has 0 amide bonds. The van der Waals surface area contributed by atoms with E-state index < -0.39 is 5.97 Å². The van der Waals surface area contributed by atoms with E-state index >= 15 is 0 Å². The van der Waals surface area contributed by atoms with Gasteiger partial charge in [-0.2, -0.15) is 5.10 Å². The third kappa shape index (κ3) is 3.94. The predicted molar refractivity (Wildman–Crippen MR) is 88.5 cm³/mol. The van der Waals surface area contributed by atoms with E-state index in [1.807, 2.05) is 13.8 Å². The summed E-state index contributed by atoms with van der Waals surface area (Å²) in [6.45, 7) is 7.65. The second-order valence-electron chi connectivity index (χ2n) is 4.09. The summed E-state index contributed by atoms with van der Waals surface area (Å²) >= 11 is 0. The smallest absolute Gasteiger partial charge is 0.335 e. The van der Waals surface area contributed by atoms with Crippen molar-refractivity contribution in [3.63, 3.8) is 0 Å². The van der Waals surface area contributed by atoms with Gasteiger partial charge >= 0.3 is 5.97 Å². The van der Waals surface area contributed by atoms with Crippen LogP contribution in [0.4, 0.5) is 0 Å². The van der Waals surface area contributed by atoms with E-state index in [9.17, 15) is 4.79 Å². The van der Waals surface area contributed by atoms with E-state index in [1.54, 1.807) is 31.3 Å². The Bertz CT molecular complexity index is 734. The van der Waals surface area contributed by atoms with E-state index in [0.29, 0.717) is 11.2 Å². The Labute approximate surface area is 131 Å². The lowest BCUT2D eigenvalue weighted by Crippen LogP contribution is -2.22. The van der Waals surface area contributed by atoms with Crippen LogP contribution in [0.2, 0.25) is 0 Å². The molecule has 1 aromatic carbocycles. The molecule has 1 aromatic heterocycles. The minimum absolute atomic E-state index is 0.227. The van der Waals surface area contributed by atoms with E-state index in [-0.39, 0.29) is 11.2 Å². The highest BCUT2D eigenvalue weighted by Gasteiger charge is 2.05. The van der Waals surface area contributed by atoms with Crippen LogP contribution in [0.5, 0.6) is 0 Å². The molecule has 0 saturated carbocycles.